The molecule has 0 fully saturated rings. The fraction of sp³-hybridized carbons (Fsp3) is 0. The number of phenols is 1. The maximum absolute atomic E-state index is 9.42. The van der Waals surface area contributed by atoms with Crippen LogP contribution < -0.4 is 0 Å². The van der Waals surface area contributed by atoms with Gasteiger partial charge in [-0.2, -0.15) is 0 Å². The molecule has 0 saturated heterocycles. The number of hydrogen-bond donors (Lipinski definition) is 1. The van der Waals surface area contributed by atoms with Gasteiger partial charge in [0.25, 0.3) is 0 Å². The Bertz CT molecular complexity index is 732. The van der Waals surface area contributed by atoms with Crippen molar-refractivity contribution in [3.63, 3.8) is 0 Å². The predicted molar refractivity (Wildman–Crippen MR) is 86.7 cm³/mol. The fourth-order valence-electron chi connectivity index (χ4n) is 2.28. The summed E-state index contributed by atoms with van der Waals surface area (Å²) < 4.78 is 1.07. The Morgan fingerprint density at radius 3 is 1.95 bits per heavy atom. The zero-order valence-electron chi connectivity index (χ0n) is 10.8. The monoisotopic (exact) mass is 324 g/mol. The Hall–Kier alpha value is -2.06. The van der Waals surface area contributed by atoms with Crippen molar-refractivity contribution < 1.29 is 5.11 Å². The summed E-state index contributed by atoms with van der Waals surface area (Å²) in [7, 11) is 0. The molecule has 1 nitrogen and oxygen atoms in total. The van der Waals surface area contributed by atoms with E-state index in [0.29, 0.717) is 0 Å². The van der Waals surface area contributed by atoms with Gasteiger partial charge in [-0.15, -0.1) is 0 Å². The van der Waals surface area contributed by atoms with Gasteiger partial charge in [-0.25, -0.2) is 0 Å². The van der Waals surface area contributed by atoms with Crippen LogP contribution in [0.4, 0.5) is 0 Å². The minimum atomic E-state index is 0.286. The lowest BCUT2D eigenvalue weighted by atomic mass is 9.95. The molecule has 0 radical (unpaired) electrons. The van der Waals surface area contributed by atoms with E-state index in [0.717, 1.165) is 15.6 Å². The van der Waals surface area contributed by atoms with Gasteiger partial charge in [0, 0.05) is 4.47 Å². The van der Waals surface area contributed by atoms with Gasteiger partial charge in [-0.05, 0) is 46.5 Å². The summed E-state index contributed by atoms with van der Waals surface area (Å²) in [5, 5.41) is 9.42. The molecule has 0 aliphatic heterocycles. The first-order valence-corrected chi connectivity index (χ1v) is 7.18. The van der Waals surface area contributed by atoms with E-state index in [9.17, 15) is 5.11 Å². The molecule has 0 aliphatic rings. The SMILES string of the molecule is Oc1ccc(-c2ccccc2-c2cccc(Br)c2)cc1. The summed E-state index contributed by atoms with van der Waals surface area (Å²) in [5.41, 5.74) is 4.60. The maximum atomic E-state index is 9.42. The summed E-state index contributed by atoms with van der Waals surface area (Å²) >= 11 is 3.52. The Morgan fingerprint density at radius 2 is 1.30 bits per heavy atom. The third-order valence-corrected chi connectivity index (χ3v) is 3.73. The van der Waals surface area contributed by atoms with Crippen LogP contribution >= 0.6 is 15.9 Å². The molecule has 0 aliphatic carbocycles. The molecule has 2 heteroatoms. The van der Waals surface area contributed by atoms with Crippen LogP contribution in [0.1, 0.15) is 0 Å². The summed E-state index contributed by atoms with van der Waals surface area (Å²) in [6.07, 6.45) is 0. The highest BCUT2D eigenvalue weighted by molar-refractivity contribution is 9.10. The van der Waals surface area contributed by atoms with E-state index in [1.165, 1.54) is 11.1 Å². The largest absolute Gasteiger partial charge is 0.508 e. The van der Waals surface area contributed by atoms with Crippen molar-refractivity contribution in [2.24, 2.45) is 0 Å². The van der Waals surface area contributed by atoms with Gasteiger partial charge >= 0.3 is 0 Å². The van der Waals surface area contributed by atoms with Crippen LogP contribution in [0.2, 0.25) is 0 Å². The zero-order valence-corrected chi connectivity index (χ0v) is 12.3. The molecule has 0 aromatic heterocycles. The van der Waals surface area contributed by atoms with Crippen LogP contribution in [-0.2, 0) is 0 Å². The molecule has 3 rings (SSSR count). The topological polar surface area (TPSA) is 20.2 Å². The van der Waals surface area contributed by atoms with Crippen molar-refractivity contribution in [1.29, 1.82) is 0 Å². The molecule has 98 valence electrons. The minimum absolute atomic E-state index is 0.286. The molecule has 0 spiro atoms. The zero-order chi connectivity index (χ0) is 13.9. The van der Waals surface area contributed by atoms with Crippen molar-refractivity contribution in [2.45, 2.75) is 0 Å². The smallest absolute Gasteiger partial charge is 0.115 e. The Balaban J connectivity index is 2.16. The Labute approximate surface area is 126 Å². The van der Waals surface area contributed by atoms with E-state index in [1.54, 1.807) is 12.1 Å². The summed E-state index contributed by atoms with van der Waals surface area (Å²) in [6, 6.07) is 23.9. The summed E-state index contributed by atoms with van der Waals surface area (Å²) in [5.74, 6) is 0.286. The third kappa shape index (κ3) is 2.61. The first-order chi connectivity index (χ1) is 9.74. The number of benzene rings is 3. The maximum Gasteiger partial charge on any atom is 0.115 e. The van der Waals surface area contributed by atoms with Gasteiger partial charge in [0.2, 0.25) is 0 Å². The number of hydrogen-bond acceptors (Lipinski definition) is 1. The first kappa shape index (κ1) is 12.9. The lowest BCUT2D eigenvalue weighted by Crippen LogP contribution is -1.84. The number of rotatable bonds is 2. The Kier molecular flexibility index (Phi) is 3.57. The van der Waals surface area contributed by atoms with Crippen molar-refractivity contribution in [2.75, 3.05) is 0 Å². The number of aromatic hydroxyl groups is 1. The van der Waals surface area contributed by atoms with Crippen LogP contribution in [0.25, 0.3) is 22.3 Å². The van der Waals surface area contributed by atoms with Crippen molar-refractivity contribution in [3.05, 3.63) is 77.3 Å². The van der Waals surface area contributed by atoms with Gasteiger partial charge in [0.05, 0.1) is 0 Å². The minimum Gasteiger partial charge on any atom is -0.508 e. The first-order valence-electron chi connectivity index (χ1n) is 6.38. The van der Waals surface area contributed by atoms with Gasteiger partial charge < -0.3 is 5.11 Å². The molecule has 3 aromatic rings. The van der Waals surface area contributed by atoms with Crippen molar-refractivity contribution in [3.8, 4) is 28.0 Å². The highest BCUT2D eigenvalue weighted by atomic mass is 79.9. The van der Waals surface area contributed by atoms with Crippen molar-refractivity contribution in [1.82, 2.24) is 0 Å². The average Bonchev–Trinajstić information content (AvgIpc) is 2.48. The summed E-state index contributed by atoms with van der Waals surface area (Å²) in [4.78, 5) is 0. The van der Waals surface area contributed by atoms with E-state index in [1.807, 2.05) is 36.4 Å². The van der Waals surface area contributed by atoms with Gasteiger partial charge in [-0.3, -0.25) is 0 Å². The normalized spacial score (nSPS) is 10.4. The molecule has 0 saturated carbocycles. The standard InChI is InChI=1S/C18H13BrO/c19-15-5-3-4-14(12-15)18-7-2-1-6-17(18)13-8-10-16(20)11-9-13/h1-12,20H. The molecular formula is C18H13BrO. The number of halogens is 1. The second-order valence-corrected chi connectivity index (χ2v) is 5.52. The lowest BCUT2D eigenvalue weighted by Gasteiger charge is -2.10. The molecule has 0 bridgehead atoms. The molecule has 0 amide bonds. The second kappa shape index (κ2) is 5.51. The third-order valence-electron chi connectivity index (χ3n) is 3.24. The van der Waals surface area contributed by atoms with Crippen LogP contribution in [0.3, 0.4) is 0 Å². The average molecular weight is 325 g/mol. The van der Waals surface area contributed by atoms with Crippen molar-refractivity contribution >= 4 is 15.9 Å². The molecule has 1 N–H and O–H groups in total. The summed E-state index contributed by atoms with van der Waals surface area (Å²) in [6.45, 7) is 0. The van der Waals surface area contributed by atoms with Gasteiger partial charge in [0.1, 0.15) is 5.75 Å². The highest BCUT2D eigenvalue weighted by Crippen LogP contribution is 2.33. The Morgan fingerprint density at radius 1 is 0.650 bits per heavy atom. The molecule has 0 heterocycles. The van der Waals surface area contributed by atoms with E-state index >= 15 is 0 Å². The molecule has 0 atom stereocenters. The van der Waals surface area contributed by atoms with Crippen LogP contribution in [0, 0.1) is 0 Å². The quantitative estimate of drug-likeness (QED) is 0.661. The second-order valence-electron chi connectivity index (χ2n) is 4.60. The van der Waals surface area contributed by atoms with E-state index in [-0.39, 0.29) is 5.75 Å². The molecular weight excluding hydrogens is 312 g/mol. The van der Waals surface area contributed by atoms with Crippen LogP contribution in [-0.4, -0.2) is 5.11 Å². The molecule has 0 unspecified atom stereocenters. The van der Waals surface area contributed by atoms with Crippen LogP contribution in [0.5, 0.6) is 5.75 Å². The molecule has 3 aromatic carbocycles. The fourth-order valence-corrected chi connectivity index (χ4v) is 2.68. The van der Waals surface area contributed by atoms with E-state index in [2.05, 4.69) is 40.2 Å². The lowest BCUT2D eigenvalue weighted by molar-refractivity contribution is 0.475. The van der Waals surface area contributed by atoms with E-state index < -0.39 is 0 Å². The van der Waals surface area contributed by atoms with E-state index in [4.69, 9.17) is 0 Å². The molecule has 20 heavy (non-hydrogen) atoms. The predicted octanol–water partition coefficient (Wildman–Crippen LogP) is 5.49. The number of phenolic OH excluding ortho intramolecular Hbond substituents is 1. The van der Waals surface area contributed by atoms with Crippen LogP contribution in [0.15, 0.2) is 77.3 Å². The van der Waals surface area contributed by atoms with Gasteiger partial charge in [0.15, 0.2) is 0 Å². The van der Waals surface area contributed by atoms with Gasteiger partial charge in [-0.1, -0.05) is 64.5 Å². The highest BCUT2D eigenvalue weighted by Gasteiger charge is 2.07.